The van der Waals surface area contributed by atoms with Gasteiger partial charge >= 0.3 is 0 Å². The average Bonchev–Trinajstić information content (AvgIpc) is 0.857. The summed E-state index contributed by atoms with van der Waals surface area (Å²) in [6.45, 7) is 16.7. The van der Waals surface area contributed by atoms with E-state index in [0.717, 1.165) is 25.0 Å². The second kappa shape index (κ2) is 43.1. The molecule has 0 fully saturated rings. The number of hydrogen-bond donors (Lipinski definition) is 8. The molecule has 37 heteroatoms. The van der Waals surface area contributed by atoms with Gasteiger partial charge in [-0.15, -0.1) is 0 Å². The third kappa shape index (κ3) is 25.4. The van der Waals surface area contributed by atoms with E-state index in [-0.39, 0.29) is 81.5 Å². The molecule has 0 heterocycles. The molecule has 0 aromatic heterocycles. The Morgan fingerprint density at radius 3 is 0.774 bits per heavy atom. The Kier molecular flexibility index (Phi) is 33.2. The predicted octanol–water partition coefficient (Wildman–Crippen LogP) is 23.1. The number of carbonyl (C=O) groups is 12. The van der Waals surface area contributed by atoms with Gasteiger partial charge < -0.3 is 42.5 Å². The van der Waals surface area contributed by atoms with Crippen molar-refractivity contribution in [3.8, 4) is 0 Å². The van der Waals surface area contributed by atoms with Crippen LogP contribution in [-0.2, 0) is 38.4 Å². The Morgan fingerprint density at radius 2 is 0.492 bits per heavy atom. The highest BCUT2D eigenvalue weighted by Crippen LogP contribution is 2.37. The van der Waals surface area contributed by atoms with Crippen molar-refractivity contribution in [3.63, 3.8) is 0 Å². The van der Waals surface area contributed by atoms with Gasteiger partial charge in [-0.3, -0.25) is 57.5 Å². The van der Waals surface area contributed by atoms with Gasteiger partial charge in [-0.1, -0.05) is 129 Å². The number of nitrogens with zero attached hydrogens (tertiary/aromatic N) is 8. The van der Waals surface area contributed by atoms with Gasteiger partial charge in [0.1, 0.15) is 22.7 Å². The number of ketones is 4. The zero-order valence-electron chi connectivity index (χ0n) is 67.4. The highest BCUT2D eigenvalue weighted by atomic mass is 35.5. The monoisotopic (exact) mass is 1850 g/mol. The zero-order valence-corrected chi connectivity index (χ0v) is 74.2. The summed E-state index contributed by atoms with van der Waals surface area (Å²) in [5.74, 6) is -7.88. The van der Waals surface area contributed by atoms with Crippen LogP contribution in [0.4, 0.5) is 68.2 Å². The lowest BCUT2D eigenvalue weighted by molar-refractivity contribution is -0.127. The van der Waals surface area contributed by atoms with Crippen molar-refractivity contribution in [1.82, 2.24) is 0 Å². The van der Waals surface area contributed by atoms with E-state index in [4.69, 9.17) is 104 Å². The summed E-state index contributed by atoms with van der Waals surface area (Å²) in [7, 11) is 0. The minimum atomic E-state index is -1.65. The van der Waals surface area contributed by atoms with Crippen LogP contribution in [0.1, 0.15) is 108 Å². The molecular formula is C87H73Cl9N16O12. The third-order valence-electron chi connectivity index (χ3n) is 18.3. The minimum Gasteiger partial charge on any atom is -0.324 e. The molecule has 0 aliphatic carbocycles. The zero-order chi connectivity index (χ0) is 90.8. The summed E-state index contributed by atoms with van der Waals surface area (Å²) in [6.07, 6.45) is 0. The van der Waals surface area contributed by atoms with Gasteiger partial charge in [-0.25, -0.2) is 0 Å². The SMILES string of the molecule is CC(=O)C(N=Nc1cc(C(=O)Nc2cc(Cl)ccc2C)ccc1Cl)C(=O)Nc1cc(C)c(NC(=O)C(N=Nc2cc(C(=O)Nc3cc(Cl)ccc3C)ccc2Cl)C(C)=O)cc1C.CC(=O)C(N=Nc1cc(C(=O)Nc2cccc(Cl)c2C)ccc1Cl)C(=O)Nc1cc(Cl)c(NC(=O)C(N=Nc2cc(C(=O)Nc3cccc(Cl)c3C)ccc2Cl)C(C)=O)cc1C. The predicted molar refractivity (Wildman–Crippen MR) is 485 cm³/mol. The highest BCUT2D eigenvalue weighted by molar-refractivity contribution is 6.37. The van der Waals surface area contributed by atoms with Crippen molar-refractivity contribution >= 4 is 243 Å². The molecule has 0 saturated heterocycles. The van der Waals surface area contributed by atoms with Crippen LogP contribution < -0.4 is 42.5 Å². The molecule has 8 amide bonds. The Labute approximate surface area is 755 Å². The molecular weight excluding hydrogens is 1780 g/mol. The molecule has 10 aromatic carbocycles. The van der Waals surface area contributed by atoms with E-state index in [1.807, 2.05) is 13.8 Å². The molecule has 4 atom stereocenters. The average molecular weight is 1850 g/mol. The van der Waals surface area contributed by atoms with E-state index in [0.29, 0.717) is 82.0 Å². The standard InChI is InChI=1S/C44H38Cl4N8O6.C43H35Cl5N8O6/c1-21-7-11-29(45)19-35(21)49-41(59)27-9-13-31(47)37(17-27)53-55-39(25(5)57)43(61)51-33-15-24(4)34(16-23(33)3)52-44(62)40(26(6)58)56-54-38-18-28(10-14-32(38)48)42(60)50-36-20-30(46)12-8-22(36)2;1-20-16-35(52-43(62)39(24(5)58)56-54-37-18-26(13-15-30(37)47)41(60)50-33-11-7-9-28(45)22(33)3)31(48)19-34(20)51-42(61)38(23(4)57)55-53-36-17-25(12-14-29(36)46)40(59)49-32-10-6-8-27(44)21(32)2/h7-20,39-40H,1-6H3,(H,49,59)(H,50,60)(H,51,61)(H,52,62);6-19,38-39H,1-5H3,(H,49,59)(H,50,60)(H,51,61)(H,52,62). The van der Waals surface area contributed by atoms with Crippen LogP contribution in [0.15, 0.2) is 211 Å². The number of azo groups is 4. The van der Waals surface area contributed by atoms with E-state index in [1.54, 1.807) is 120 Å². The smallest absolute Gasteiger partial charge is 0.258 e. The summed E-state index contributed by atoms with van der Waals surface area (Å²) in [6, 6.07) is 36.8. The summed E-state index contributed by atoms with van der Waals surface area (Å²) in [5.41, 5.74) is 7.94. The van der Waals surface area contributed by atoms with E-state index in [2.05, 4.69) is 83.4 Å². The maximum Gasteiger partial charge on any atom is 0.258 e. The maximum atomic E-state index is 13.4. The number of nitrogens with one attached hydrogen (secondary N) is 8. The summed E-state index contributed by atoms with van der Waals surface area (Å²) >= 11 is 56.3. The van der Waals surface area contributed by atoms with Crippen molar-refractivity contribution in [3.05, 3.63) is 276 Å². The van der Waals surface area contributed by atoms with Crippen molar-refractivity contribution in [2.24, 2.45) is 40.9 Å². The van der Waals surface area contributed by atoms with E-state index >= 15 is 0 Å². The molecule has 10 rings (SSSR count). The van der Waals surface area contributed by atoms with Crippen LogP contribution in [0.3, 0.4) is 0 Å². The maximum absolute atomic E-state index is 13.4. The fraction of sp³-hybridized carbons (Fsp3) is 0.172. The molecule has 0 spiro atoms. The summed E-state index contributed by atoms with van der Waals surface area (Å²) < 4.78 is 0. The number of benzene rings is 10. The lowest BCUT2D eigenvalue weighted by Crippen LogP contribution is -2.32. The van der Waals surface area contributed by atoms with Gasteiger partial charge in [0.25, 0.3) is 47.3 Å². The van der Waals surface area contributed by atoms with Gasteiger partial charge in [0.15, 0.2) is 23.1 Å². The number of amides is 8. The molecule has 124 heavy (non-hydrogen) atoms. The lowest BCUT2D eigenvalue weighted by Gasteiger charge is -2.16. The first-order chi connectivity index (χ1) is 58.6. The van der Waals surface area contributed by atoms with E-state index in [1.165, 1.54) is 98.8 Å². The van der Waals surface area contributed by atoms with Crippen LogP contribution in [0.5, 0.6) is 0 Å². The van der Waals surface area contributed by atoms with Crippen molar-refractivity contribution in [2.45, 2.75) is 100 Å². The van der Waals surface area contributed by atoms with Gasteiger partial charge in [-0.05, 0) is 261 Å². The number of rotatable bonds is 28. The molecule has 0 bridgehead atoms. The van der Waals surface area contributed by atoms with Crippen LogP contribution in [0.2, 0.25) is 45.2 Å². The first kappa shape index (κ1) is 95.5. The molecule has 0 aliphatic heterocycles. The number of aryl methyl sites for hydroxylation is 5. The Bertz CT molecular complexity index is 5510. The fourth-order valence-electron chi connectivity index (χ4n) is 11.2. The van der Waals surface area contributed by atoms with Gasteiger partial charge in [0.2, 0.25) is 24.2 Å². The summed E-state index contributed by atoms with van der Waals surface area (Å²) in [4.78, 5) is 156. The molecule has 10 aromatic rings. The topological polar surface area (TPSA) is 400 Å². The number of anilines is 8. The first-order valence-electron chi connectivity index (χ1n) is 36.9. The molecule has 4 unspecified atom stereocenters. The number of hydrogen-bond acceptors (Lipinski definition) is 20. The second-order valence-corrected chi connectivity index (χ2v) is 31.4. The van der Waals surface area contributed by atoms with E-state index < -0.39 is 94.6 Å². The normalized spacial score (nSPS) is 12.2. The molecule has 8 N–H and O–H groups in total. The Morgan fingerprint density at radius 1 is 0.242 bits per heavy atom. The molecule has 28 nitrogen and oxygen atoms in total. The second-order valence-electron chi connectivity index (χ2n) is 27.7. The van der Waals surface area contributed by atoms with Crippen molar-refractivity contribution in [2.75, 3.05) is 42.5 Å². The quantitative estimate of drug-likeness (QED) is 0.0168. The third-order valence-corrected chi connectivity index (χ3v) is 21.2. The van der Waals surface area contributed by atoms with Crippen LogP contribution in [0, 0.1) is 48.5 Å². The van der Waals surface area contributed by atoms with Gasteiger partial charge in [-0.2, -0.15) is 40.9 Å². The largest absolute Gasteiger partial charge is 0.324 e. The molecule has 636 valence electrons. The first-order valence-corrected chi connectivity index (χ1v) is 40.3. The van der Waals surface area contributed by atoms with E-state index in [9.17, 15) is 57.5 Å². The minimum absolute atomic E-state index is 0.0163. The van der Waals surface area contributed by atoms with Crippen LogP contribution in [-0.4, -0.2) is 94.6 Å². The Hall–Kier alpha value is -12.4. The number of carbonyl (C=O) groups excluding carboxylic acids is 12. The fourth-order valence-corrected chi connectivity index (χ4v) is 12.7. The molecule has 0 radical (unpaired) electrons. The van der Waals surface area contributed by atoms with Gasteiger partial charge in [0.05, 0.1) is 30.8 Å². The van der Waals surface area contributed by atoms with Crippen LogP contribution >= 0.6 is 104 Å². The van der Waals surface area contributed by atoms with Gasteiger partial charge in [0, 0.05) is 82.2 Å². The molecule has 0 aliphatic rings. The van der Waals surface area contributed by atoms with Crippen molar-refractivity contribution in [1.29, 1.82) is 0 Å². The number of Topliss-reactive ketones (excluding diaryl/α,β-unsaturated/α-hetero) is 4. The molecule has 0 saturated carbocycles. The Balaban J connectivity index is 0.000000281. The van der Waals surface area contributed by atoms with Crippen LogP contribution in [0.25, 0.3) is 0 Å². The number of halogens is 9. The summed E-state index contributed by atoms with van der Waals surface area (Å²) in [5, 5.41) is 55.8. The highest BCUT2D eigenvalue weighted by Gasteiger charge is 2.30. The lowest BCUT2D eigenvalue weighted by atomic mass is 10.1. The van der Waals surface area contributed by atoms with Crippen molar-refractivity contribution < 1.29 is 57.5 Å².